The van der Waals surface area contributed by atoms with Crippen molar-refractivity contribution < 1.29 is 4.74 Å². The molecule has 1 N–H and O–H groups in total. The molecule has 0 aliphatic heterocycles. The van der Waals surface area contributed by atoms with Crippen molar-refractivity contribution in [1.29, 1.82) is 0 Å². The third-order valence-electron chi connectivity index (χ3n) is 3.08. The number of rotatable bonds is 5. The normalized spacial score (nSPS) is 12.4. The minimum atomic E-state index is 0.215. The number of ether oxygens (including phenoxy) is 1. The van der Waals surface area contributed by atoms with Crippen molar-refractivity contribution in [3.63, 3.8) is 0 Å². The number of nitrogens with one attached hydrogen (secondary N) is 1. The maximum atomic E-state index is 5.22. The van der Waals surface area contributed by atoms with Crippen LogP contribution < -0.4 is 10.1 Å². The molecule has 2 heteroatoms. The molecule has 0 aromatic heterocycles. The highest BCUT2D eigenvalue weighted by Gasteiger charge is 2.14. The maximum absolute atomic E-state index is 5.22. The van der Waals surface area contributed by atoms with Crippen LogP contribution >= 0.6 is 0 Å². The summed E-state index contributed by atoms with van der Waals surface area (Å²) in [4.78, 5) is 0. The second-order valence-electron chi connectivity index (χ2n) is 4.94. The van der Waals surface area contributed by atoms with Gasteiger partial charge >= 0.3 is 0 Å². The third-order valence-corrected chi connectivity index (χ3v) is 3.08. The van der Waals surface area contributed by atoms with Gasteiger partial charge in [0.15, 0.2) is 0 Å². The minimum Gasteiger partial charge on any atom is -0.497 e. The van der Waals surface area contributed by atoms with Crippen molar-refractivity contribution in [1.82, 2.24) is 5.32 Å². The molecule has 0 heterocycles. The first-order valence-electron chi connectivity index (χ1n) is 6.65. The highest BCUT2D eigenvalue weighted by atomic mass is 16.5. The van der Waals surface area contributed by atoms with Crippen LogP contribution in [-0.4, -0.2) is 13.2 Å². The second-order valence-corrected chi connectivity index (χ2v) is 4.94. The van der Waals surface area contributed by atoms with E-state index >= 15 is 0 Å². The molecule has 0 amide bonds. The lowest BCUT2D eigenvalue weighted by atomic mass is 9.98. The highest BCUT2D eigenvalue weighted by Crippen LogP contribution is 2.24. The Labute approximate surface area is 115 Å². The van der Waals surface area contributed by atoms with Crippen LogP contribution in [0, 0.1) is 0 Å². The molecule has 0 spiro atoms. The molecular formula is C17H21NO. The van der Waals surface area contributed by atoms with E-state index in [9.17, 15) is 0 Å². The minimum absolute atomic E-state index is 0.215. The summed E-state index contributed by atoms with van der Waals surface area (Å²) in [5.41, 5.74) is 2.53. The molecule has 2 rings (SSSR count). The van der Waals surface area contributed by atoms with E-state index in [-0.39, 0.29) is 6.04 Å². The quantitative estimate of drug-likeness (QED) is 0.878. The molecule has 1 unspecified atom stereocenters. The maximum Gasteiger partial charge on any atom is 0.118 e. The summed E-state index contributed by atoms with van der Waals surface area (Å²) in [7, 11) is 1.69. The van der Waals surface area contributed by atoms with Gasteiger partial charge in [-0.05, 0) is 37.1 Å². The van der Waals surface area contributed by atoms with Crippen molar-refractivity contribution in [3.8, 4) is 5.75 Å². The van der Waals surface area contributed by atoms with Gasteiger partial charge < -0.3 is 10.1 Å². The van der Waals surface area contributed by atoms with Crippen molar-refractivity contribution >= 4 is 0 Å². The van der Waals surface area contributed by atoms with Crippen molar-refractivity contribution in [2.45, 2.75) is 25.9 Å². The van der Waals surface area contributed by atoms with Crippen LogP contribution in [0.1, 0.15) is 31.0 Å². The van der Waals surface area contributed by atoms with E-state index in [0.717, 1.165) is 5.75 Å². The first-order chi connectivity index (χ1) is 9.20. The SMILES string of the molecule is COc1ccc(C(NC(C)C)c2ccccc2)cc1. The van der Waals surface area contributed by atoms with E-state index < -0.39 is 0 Å². The monoisotopic (exact) mass is 255 g/mol. The second kappa shape index (κ2) is 6.39. The molecule has 0 saturated carbocycles. The van der Waals surface area contributed by atoms with Gasteiger partial charge in [0.05, 0.1) is 13.2 Å². The molecular weight excluding hydrogens is 234 g/mol. The van der Waals surface area contributed by atoms with Gasteiger partial charge in [0.25, 0.3) is 0 Å². The molecule has 0 saturated heterocycles. The van der Waals surface area contributed by atoms with Crippen LogP contribution in [0.5, 0.6) is 5.75 Å². The molecule has 19 heavy (non-hydrogen) atoms. The molecule has 100 valence electrons. The van der Waals surface area contributed by atoms with Gasteiger partial charge in [-0.2, -0.15) is 0 Å². The molecule has 0 bridgehead atoms. The number of methoxy groups -OCH3 is 1. The van der Waals surface area contributed by atoms with Gasteiger partial charge in [0.1, 0.15) is 5.75 Å². The summed E-state index contributed by atoms with van der Waals surface area (Å²) in [6, 6.07) is 19.4. The van der Waals surface area contributed by atoms with E-state index in [1.54, 1.807) is 7.11 Å². The largest absolute Gasteiger partial charge is 0.497 e. The fourth-order valence-corrected chi connectivity index (χ4v) is 2.16. The van der Waals surface area contributed by atoms with Crippen LogP contribution in [0.25, 0.3) is 0 Å². The first-order valence-corrected chi connectivity index (χ1v) is 6.65. The van der Waals surface area contributed by atoms with Gasteiger partial charge in [-0.15, -0.1) is 0 Å². The fourth-order valence-electron chi connectivity index (χ4n) is 2.16. The van der Waals surface area contributed by atoms with Gasteiger partial charge in [-0.3, -0.25) is 0 Å². The molecule has 2 aromatic rings. The summed E-state index contributed by atoms with van der Waals surface area (Å²) in [6.45, 7) is 4.33. The average molecular weight is 255 g/mol. The van der Waals surface area contributed by atoms with Crippen LogP contribution in [0.3, 0.4) is 0 Å². The Kier molecular flexibility index (Phi) is 4.58. The zero-order chi connectivity index (χ0) is 13.7. The van der Waals surface area contributed by atoms with E-state index in [1.807, 2.05) is 18.2 Å². The van der Waals surface area contributed by atoms with Gasteiger partial charge in [-0.25, -0.2) is 0 Å². The Morgan fingerprint density at radius 2 is 1.42 bits per heavy atom. The molecule has 1 atom stereocenters. The molecule has 0 radical (unpaired) electrons. The lowest BCUT2D eigenvalue weighted by molar-refractivity contribution is 0.414. The lowest BCUT2D eigenvalue weighted by Gasteiger charge is -2.22. The highest BCUT2D eigenvalue weighted by molar-refractivity contribution is 5.35. The van der Waals surface area contributed by atoms with Crippen molar-refractivity contribution in [2.24, 2.45) is 0 Å². The summed E-state index contributed by atoms with van der Waals surface area (Å²) >= 11 is 0. The van der Waals surface area contributed by atoms with Crippen LogP contribution in [0.4, 0.5) is 0 Å². The topological polar surface area (TPSA) is 21.3 Å². The summed E-state index contributed by atoms with van der Waals surface area (Å²) in [5, 5.41) is 3.61. The Balaban J connectivity index is 2.31. The third kappa shape index (κ3) is 3.58. The Hall–Kier alpha value is -1.80. The first kappa shape index (κ1) is 13.6. The Bertz CT molecular complexity index is 490. The van der Waals surface area contributed by atoms with Gasteiger partial charge in [0, 0.05) is 6.04 Å². The average Bonchev–Trinajstić information content (AvgIpc) is 2.46. The van der Waals surface area contributed by atoms with E-state index in [2.05, 4.69) is 55.6 Å². The predicted octanol–water partition coefficient (Wildman–Crippen LogP) is 3.78. The van der Waals surface area contributed by atoms with E-state index in [4.69, 9.17) is 4.74 Å². The lowest BCUT2D eigenvalue weighted by Crippen LogP contribution is -2.28. The fraction of sp³-hybridized carbons (Fsp3) is 0.294. The Morgan fingerprint density at radius 3 is 1.95 bits per heavy atom. The van der Waals surface area contributed by atoms with Crippen LogP contribution in [0.2, 0.25) is 0 Å². The summed E-state index contributed by atoms with van der Waals surface area (Å²) in [6.07, 6.45) is 0. The zero-order valence-corrected chi connectivity index (χ0v) is 11.8. The summed E-state index contributed by atoms with van der Waals surface area (Å²) < 4.78 is 5.22. The number of hydrogen-bond acceptors (Lipinski definition) is 2. The number of hydrogen-bond donors (Lipinski definition) is 1. The number of benzene rings is 2. The smallest absolute Gasteiger partial charge is 0.118 e. The molecule has 2 nitrogen and oxygen atoms in total. The predicted molar refractivity (Wildman–Crippen MR) is 79.6 cm³/mol. The van der Waals surface area contributed by atoms with Crippen molar-refractivity contribution in [3.05, 3.63) is 65.7 Å². The zero-order valence-electron chi connectivity index (χ0n) is 11.8. The molecule has 2 aromatic carbocycles. The van der Waals surface area contributed by atoms with Gasteiger partial charge in [-0.1, -0.05) is 42.5 Å². The standard InChI is InChI=1S/C17H21NO/c1-13(2)18-17(14-7-5-4-6-8-14)15-9-11-16(19-3)12-10-15/h4-13,17-18H,1-3H3. The van der Waals surface area contributed by atoms with Crippen LogP contribution in [-0.2, 0) is 0 Å². The summed E-state index contributed by atoms with van der Waals surface area (Å²) in [5.74, 6) is 0.889. The molecule has 0 aliphatic carbocycles. The van der Waals surface area contributed by atoms with Crippen molar-refractivity contribution in [2.75, 3.05) is 7.11 Å². The molecule has 0 aliphatic rings. The van der Waals surface area contributed by atoms with E-state index in [0.29, 0.717) is 6.04 Å². The van der Waals surface area contributed by atoms with Gasteiger partial charge in [0.2, 0.25) is 0 Å². The molecule has 0 fully saturated rings. The van der Waals surface area contributed by atoms with Crippen LogP contribution in [0.15, 0.2) is 54.6 Å². The van der Waals surface area contributed by atoms with E-state index in [1.165, 1.54) is 11.1 Å². The Morgan fingerprint density at radius 1 is 0.842 bits per heavy atom.